The smallest absolute Gasteiger partial charge is 0.0497 e. The molecule has 0 aliphatic rings. The van der Waals surface area contributed by atoms with Crippen LogP contribution in [-0.4, -0.2) is 21.5 Å². The Kier molecular flexibility index (Phi) is 9.02. The highest BCUT2D eigenvalue weighted by atomic mass is 35.5. The Bertz CT molecular complexity index is 120. The molecule has 0 N–H and O–H groups in total. The van der Waals surface area contributed by atoms with Crippen LogP contribution in [0.3, 0.4) is 0 Å². The second kappa shape index (κ2) is 8.33. The fraction of sp³-hybridized carbons (Fsp3) is 1.00. The normalized spacial score (nSPS) is 20.1. The van der Waals surface area contributed by atoms with E-state index in [0.717, 1.165) is 25.7 Å². The molecule has 0 saturated heterocycles. The van der Waals surface area contributed by atoms with E-state index in [4.69, 9.17) is 46.4 Å². The molecule has 4 atom stereocenters. The van der Waals surface area contributed by atoms with E-state index in [1.54, 1.807) is 0 Å². The topological polar surface area (TPSA) is 0 Å². The summed E-state index contributed by atoms with van der Waals surface area (Å²) in [6.45, 7) is 3.84. The Morgan fingerprint density at radius 1 is 0.714 bits per heavy atom. The Morgan fingerprint density at radius 3 is 1.21 bits per heavy atom. The van der Waals surface area contributed by atoms with Gasteiger partial charge in [-0.3, -0.25) is 0 Å². The molecule has 0 radical (unpaired) electrons. The van der Waals surface area contributed by atoms with Gasteiger partial charge in [0.15, 0.2) is 0 Å². The maximum absolute atomic E-state index is 6.00. The van der Waals surface area contributed by atoms with Gasteiger partial charge in [-0.2, -0.15) is 0 Å². The van der Waals surface area contributed by atoms with Crippen LogP contribution in [0.1, 0.15) is 39.5 Å². The van der Waals surface area contributed by atoms with Gasteiger partial charge in [-0.05, 0) is 26.7 Å². The number of hydrogen-bond acceptors (Lipinski definition) is 0. The average molecular weight is 280 g/mol. The zero-order chi connectivity index (χ0) is 11.1. The summed E-state index contributed by atoms with van der Waals surface area (Å²) in [4.78, 5) is 0. The number of unbranched alkanes of at least 4 members (excludes halogenated alkanes) is 1. The lowest BCUT2D eigenvalue weighted by Crippen LogP contribution is -2.12. The van der Waals surface area contributed by atoms with Crippen LogP contribution in [-0.2, 0) is 0 Å². The number of halogens is 4. The van der Waals surface area contributed by atoms with E-state index in [0.29, 0.717) is 0 Å². The third-order valence-electron chi connectivity index (χ3n) is 2.21. The third kappa shape index (κ3) is 7.45. The van der Waals surface area contributed by atoms with Crippen molar-refractivity contribution in [3.63, 3.8) is 0 Å². The van der Waals surface area contributed by atoms with E-state index in [1.165, 1.54) is 0 Å². The monoisotopic (exact) mass is 278 g/mol. The minimum atomic E-state index is 0.0374. The molecule has 4 unspecified atom stereocenters. The van der Waals surface area contributed by atoms with Gasteiger partial charge >= 0.3 is 0 Å². The van der Waals surface area contributed by atoms with Crippen LogP contribution in [0, 0.1) is 0 Å². The van der Waals surface area contributed by atoms with Gasteiger partial charge in [-0.25, -0.2) is 0 Å². The molecule has 0 aliphatic heterocycles. The lowest BCUT2D eigenvalue weighted by atomic mass is 10.1. The van der Waals surface area contributed by atoms with Crippen molar-refractivity contribution < 1.29 is 0 Å². The van der Waals surface area contributed by atoms with E-state index < -0.39 is 0 Å². The Labute approximate surface area is 107 Å². The summed E-state index contributed by atoms with van der Waals surface area (Å²) < 4.78 is 0. The summed E-state index contributed by atoms with van der Waals surface area (Å²) in [5, 5.41) is 0.212. The highest BCUT2D eigenvalue weighted by Gasteiger charge is 2.13. The van der Waals surface area contributed by atoms with Crippen LogP contribution < -0.4 is 0 Å². The van der Waals surface area contributed by atoms with E-state index >= 15 is 0 Å². The maximum atomic E-state index is 6.00. The summed E-state index contributed by atoms with van der Waals surface area (Å²) in [6, 6.07) is 0. The van der Waals surface area contributed by atoms with Crippen LogP contribution >= 0.6 is 46.4 Å². The third-order valence-corrected chi connectivity index (χ3v) is 4.27. The summed E-state index contributed by atoms with van der Waals surface area (Å²) >= 11 is 23.7. The van der Waals surface area contributed by atoms with Gasteiger partial charge in [0.2, 0.25) is 0 Å². The van der Waals surface area contributed by atoms with Crippen molar-refractivity contribution in [1.29, 1.82) is 0 Å². The average Bonchev–Trinajstić information content (AvgIpc) is 2.11. The molecular weight excluding hydrogens is 262 g/mol. The second-order valence-corrected chi connectivity index (χ2v) is 6.17. The van der Waals surface area contributed by atoms with Gasteiger partial charge in [0.05, 0.1) is 0 Å². The molecule has 0 rings (SSSR count). The molecule has 14 heavy (non-hydrogen) atoms. The summed E-state index contributed by atoms with van der Waals surface area (Å²) in [6.07, 6.45) is 4.04. The molecule has 0 spiro atoms. The van der Waals surface area contributed by atoms with Crippen molar-refractivity contribution in [3.05, 3.63) is 0 Å². The molecule has 4 heteroatoms. The summed E-state index contributed by atoms with van der Waals surface area (Å²) in [7, 11) is 0. The first-order valence-electron chi connectivity index (χ1n) is 5.01. The maximum Gasteiger partial charge on any atom is 0.0497 e. The first-order chi connectivity index (χ1) is 6.45. The van der Waals surface area contributed by atoms with Crippen LogP contribution in [0.15, 0.2) is 0 Å². The van der Waals surface area contributed by atoms with Crippen LogP contribution in [0.5, 0.6) is 0 Å². The largest absolute Gasteiger partial charge is 0.122 e. The van der Waals surface area contributed by atoms with Crippen molar-refractivity contribution in [2.75, 3.05) is 0 Å². The van der Waals surface area contributed by atoms with Crippen molar-refractivity contribution in [2.24, 2.45) is 0 Å². The Balaban J connectivity index is 3.38. The Hall–Kier alpha value is 1.16. The minimum Gasteiger partial charge on any atom is -0.122 e. The van der Waals surface area contributed by atoms with Gasteiger partial charge in [0, 0.05) is 21.5 Å². The number of alkyl halides is 4. The zero-order valence-corrected chi connectivity index (χ0v) is 11.7. The van der Waals surface area contributed by atoms with Gasteiger partial charge < -0.3 is 0 Å². The molecule has 0 aromatic carbocycles. The van der Waals surface area contributed by atoms with E-state index in [-0.39, 0.29) is 21.5 Å². The molecule has 0 nitrogen and oxygen atoms in total. The van der Waals surface area contributed by atoms with E-state index in [9.17, 15) is 0 Å². The quantitative estimate of drug-likeness (QED) is 0.454. The molecule has 0 amide bonds. The molecule has 0 aromatic heterocycles. The van der Waals surface area contributed by atoms with E-state index in [2.05, 4.69) is 0 Å². The highest BCUT2D eigenvalue weighted by Crippen LogP contribution is 2.20. The van der Waals surface area contributed by atoms with Crippen LogP contribution in [0.25, 0.3) is 0 Å². The summed E-state index contributed by atoms with van der Waals surface area (Å²) in [5.41, 5.74) is 0. The molecule has 0 bridgehead atoms. The lowest BCUT2D eigenvalue weighted by Gasteiger charge is -2.13. The molecule has 86 valence electrons. The standard InChI is InChI=1S/C10H18Cl4/c1-7(11)9(13)5-3-4-6-10(14)8(2)12/h7-10H,3-6H2,1-2H3. The molecule has 0 aliphatic carbocycles. The SMILES string of the molecule is CC(Cl)C(Cl)CCCCC(Cl)C(C)Cl. The minimum absolute atomic E-state index is 0.0374. The molecular formula is C10H18Cl4. The van der Waals surface area contributed by atoms with E-state index in [1.807, 2.05) is 13.8 Å². The second-order valence-electron chi connectivity index (χ2n) is 3.67. The Morgan fingerprint density at radius 2 is 1.00 bits per heavy atom. The van der Waals surface area contributed by atoms with Crippen LogP contribution in [0.4, 0.5) is 0 Å². The summed E-state index contributed by atoms with van der Waals surface area (Å²) in [5.74, 6) is 0. The van der Waals surface area contributed by atoms with Crippen molar-refractivity contribution in [2.45, 2.75) is 61.0 Å². The first kappa shape index (κ1) is 15.2. The predicted octanol–water partition coefficient (Wildman–Crippen LogP) is 5.02. The lowest BCUT2D eigenvalue weighted by molar-refractivity contribution is 0.597. The zero-order valence-electron chi connectivity index (χ0n) is 8.65. The highest BCUT2D eigenvalue weighted by molar-refractivity contribution is 6.30. The van der Waals surface area contributed by atoms with Crippen molar-refractivity contribution in [1.82, 2.24) is 0 Å². The van der Waals surface area contributed by atoms with Crippen molar-refractivity contribution in [3.8, 4) is 0 Å². The predicted molar refractivity (Wildman–Crippen MR) is 68.4 cm³/mol. The van der Waals surface area contributed by atoms with Crippen molar-refractivity contribution >= 4 is 46.4 Å². The number of rotatable bonds is 7. The molecule has 0 saturated carbocycles. The van der Waals surface area contributed by atoms with Gasteiger partial charge in [-0.1, -0.05) is 12.8 Å². The van der Waals surface area contributed by atoms with Gasteiger partial charge in [0.25, 0.3) is 0 Å². The van der Waals surface area contributed by atoms with Gasteiger partial charge in [0.1, 0.15) is 0 Å². The van der Waals surface area contributed by atoms with Gasteiger partial charge in [-0.15, -0.1) is 46.4 Å². The number of hydrogen-bond donors (Lipinski definition) is 0. The molecule has 0 aromatic rings. The van der Waals surface area contributed by atoms with Crippen LogP contribution in [0.2, 0.25) is 0 Å². The molecule has 0 heterocycles. The fourth-order valence-electron chi connectivity index (χ4n) is 1.14. The first-order valence-corrected chi connectivity index (χ1v) is 6.76. The molecule has 0 fully saturated rings. The fourth-order valence-corrected chi connectivity index (χ4v) is 1.70.